The smallest absolute Gasteiger partial charge is 0.150 e. The Balaban J connectivity index is 2.36. The predicted octanol–water partition coefficient (Wildman–Crippen LogP) is 4.96. The second-order valence-electron chi connectivity index (χ2n) is 5.01. The van der Waals surface area contributed by atoms with Crippen molar-refractivity contribution in [1.82, 2.24) is 0 Å². The average molecular weight is 256 g/mol. The number of aldehydes is 1. The van der Waals surface area contributed by atoms with Gasteiger partial charge in [0.1, 0.15) is 0 Å². The lowest BCUT2D eigenvalue weighted by Crippen LogP contribution is -1.88. The van der Waals surface area contributed by atoms with Crippen molar-refractivity contribution in [1.29, 1.82) is 0 Å². The molecule has 94 valence electrons. The summed E-state index contributed by atoms with van der Waals surface area (Å²) in [6.45, 7) is 0. The zero-order valence-corrected chi connectivity index (χ0v) is 10.8. The van der Waals surface area contributed by atoms with Crippen molar-refractivity contribution >= 4 is 38.6 Å². The van der Waals surface area contributed by atoms with Gasteiger partial charge in [-0.2, -0.15) is 0 Å². The Morgan fingerprint density at radius 3 is 2.15 bits per heavy atom. The maximum absolute atomic E-state index is 11.5. The number of fused-ring (bicyclic) bond motifs is 5. The van der Waals surface area contributed by atoms with Crippen molar-refractivity contribution in [2.75, 3.05) is 0 Å². The van der Waals surface area contributed by atoms with E-state index in [0.717, 1.165) is 33.4 Å². The van der Waals surface area contributed by atoms with E-state index in [1.807, 2.05) is 30.3 Å². The molecule has 4 rings (SSSR count). The molecular weight excluding hydrogens is 244 g/mol. The number of rotatable bonds is 1. The van der Waals surface area contributed by atoms with Crippen LogP contribution in [-0.2, 0) is 0 Å². The summed E-state index contributed by atoms with van der Waals surface area (Å²) in [7, 11) is 0. The zero-order valence-electron chi connectivity index (χ0n) is 10.8. The minimum Gasteiger partial charge on any atom is -0.298 e. The van der Waals surface area contributed by atoms with Gasteiger partial charge in [0.25, 0.3) is 0 Å². The van der Waals surface area contributed by atoms with Crippen LogP contribution in [0.4, 0.5) is 0 Å². The SMILES string of the molecule is O=Cc1cc2ccccc2c2ccc3ccccc3c12. The fraction of sp³-hybridized carbons (Fsp3) is 0. The molecule has 1 nitrogen and oxygen atoms in total. The molecule has 0 aliphatic carbocycles. The van der Waals surface area contributed by atoms with Gasteiger partial charge in [-0.05, 0) is 33.0 Å². The first-order chi connectivity index (χ1) is 9.88. The van der Waals surface area contributed by atoms with Crippen LogP contribution in [0.5, 0.6) is 0 Å². The highest BCUT2D eigenvalue weighted by atomic mass is 16.1. The van der Waals surface area contributed by atoms with Crippen LogP contribution in [0.2, 0.25) is 0 Å². The molecule has 4 aromatic carbocycles. The second-order valence-corrected chi connectivity index (χ2v) is 5.01. The van der Waals surface area contributed by atoms with Gasteiger partial charge >= 0.3 is 0 Å². The monoisotopic (exact) mass is 256 g/mol. The Hall–Kier alpha value is -2.67. The maximum Gasteiger partial charge on any atom is 0.150 e. The van der Waals surface area contributed by atoms with E-state index < -0.39 is 0 Å². The van der Waals surface area contributed by atoms with Crippen molar-refractivity contribution < 1.29 is 4.79 Å². The van der Waals surface area contributed by atoms with Gasteiger partial charge in [0.15, 0.2) is 6.29 Å². The van der Waals surface area contributed by atoms with Crippen LogP contribution in [0.15, 0.2) is 66.7 Å². The van der Waals surface area contributed by atoms with Gasteiger partial charge in [0.2, 0.25) is 0 Å². The molecule has 0 fully saturated rings. The minimum atomic E-state index is 0.760. The lowest BCUT2D eigenvalue weighted by atomic mass is 9.93. The molecule has 1 heteroatoms. The van der Waals surface area contributed by atoms with Crippen molar-refractivity contribution in [3.63, 3.8) is 0 Å². The van der Waals surface area contributed by atoms with Gasteiger partial charge in [0, 0.05) is 10.9 Å². The highest BCUT2D eigenvalue weighted by Crippen LogP contribution is 2.33. The molecule has 0 N–H and O–H groups in total. The molecule has 0 aliphatic heterocycles. The van der Waals surface area contributed by atoms with Gasteiger partial charge in [-0.25, -0.2) is 0 Å². The molecular formula is C19H12O. The molecule has 0 heterocycles. The summed E-state index contributed by atoms with van der Waals surface area (Å²) in [5.74, 6) is 0. The highest BCUT2D eigenvalue weighted by molar-refractivity contribution is 6.22. The Labute approximate surface area is 116 Å². The van der Waals surface area contributed by atoms with Gasteiger partial charge in [-0.1, -0.05) is 60.7 Å². The van der Waals surface area contributed by atoms with E-state index in [-0.39, 0.29) is 0 Å². The number of benzene rings is 4. The van der Waals surface area contributed by atoms with E-state index in [2.05, 4.69) is 36.4 Å². The number of carbonyl (C=O) groups is 1. The van der Waals surface area contributed by atoms with E-state index in [1.165, 1.54) is 10.8 Å². The topological polar surface area (TPSA) is 17.1 Å². The summed E-state index contributed by atoms with van der Waals surface area (Å²) in [6.07, 6.45) is 0.960. The van der Waals surface area contributed by atoms with E-state index in [9.17, 15) is 4.79 Å². The largest absolute Gasteiger partial charge is 0.298 e. The minimum absolute atomic E-state index is 0.760. The standard InChI is InChI=1S/C19H12O/c20-12-15-11-14-6-2-3-7-16(14)18-10-9-13-5-1-4-8-17(13)19(15)18/h1-12H. The Kier molecular flexibility index (Phi) is 2.33. The van der Waals surface area contributed by atoms with E-state index in [4.69, 9.17) is 0 Å². The molecule has 20 heavy (non-hydrogen) atoms. The summed E-state index contributed by atoms with van der Waals surface area (Å²) in [6, 6.07) is 22.6. The summed E-state index contributed by atoms with van der Waals surface area (Å²) < 4.78 is 0. The third-order valence-corrected chi connectivity index (χ3v) is 3.91. The average Bonchev–Trinajstić information content (AvgIpc) is 2.53. The maximum atomic E-state index is 11.5. The van der Waals surface area contributed by atoms with Crippen LogP contribution in [-0.4, -0.2) is 6.29 Å². The molecule has 0 amide bonds. The molecule has 0 spiro atoms. The van der Waals surface area contributed by atoms with Gasteiger partial charge in [-0.3, -0.25) is 4.79 Å². The normalized spacial score (nSPS) is 11.2. The number of carbonyl (C=O) groups excluding carboxylic acids is 1. The van der Waals surface area contributed by atoms with Gasteiger partial charge in [0.05, 0.1) is 0 Å². The van der Waals surface area contributed by atoms with Gasteiger partial charge in [-0.15, -0.1) is 0 Å². The molecule has 0 atom stereocenters. The van der Waals surface area contributed by atoms with Crippen LogP contribution in [0.1, 0.15) is 10.4 Å². The van der Waals surface area contributed by atoms with Gasteiger partial charge < -0.3 is 0 Å². The quantitative estimate of drug-likeness (QED) is 0.347. The lowest BCUT2D eigenvalue weighted by Gasteiger charge is -2.10. The van der Waals surface area contributed by atoms with Crippen molar-refractivity contribution in [3.05, 3.63) is 72.3 Å². The van der Waals surface area contributed by atoms with E-state index in [1.54, 1.807) is 0 Å². The van der Waals surface area contributed by atoms with Crippen LogP contribution in [0.3, 0.4) is 0 Å². The van der Waals surface area contributed by atoms with E-state index >= 15 is 0 Å². The Morgan fingerprint density at radius 1 is 0.650 bits per heavy atom. The molecule has 0 unspecified atom stereocenters. The summed E-state index contributed by atoms with van der Waals surface area (Å²) in [4.78, 5) is 11.5. The lowest BCUT2D eigenvalue weighted by molar-refractivity contribution is 0.112. The van der Waals surface area contributed by atoms with Crippen molar-refractivity contribution in [2.24, 2.45) is 0 Å². The molecule has 4 aromatic rings. The van der Waals surface area contributed by atoms with E-state index in [0.29, 0.717) is 0 Å². The first-order valence-corrected chi connectivity index (χ1v) is 6.67. The molecule has 0 bridgehead atoms. The Bertz CT molecular complexity index is 967. The predicted molar refractivity (Wildman–Crippen MR) is 84.3 cm³/mol. The summed E-state index contributed by atoms with van der Waals surface area (Å²) in [5, 5.41) is 6.80. The fourth-order valence-corrected chi connectivity index (χ4v) is 3.01. The zero-order chi connectivity index (χ0) is 13.5. The highest BCUT2D eigenvalue weighted by Gasteiger charge is 2.09. The summed E-state index contributed by atoms with van der Waals surface area (Å²) >= 11 is 0. The first kappa shape index (κ1) is 11.2. The van der Waals surface area contributed by atoms with Crippen LogP contribution in [0, 0.1) is 0 Å². The molecule has 0 radical (unpaired) electrons. The fourth-order valence-electron chi connectivity index (χ4n) is 3.01. The second kappa shape index (κ2) is 4.17. The molecule has 0 aliphatic rings. The number of hydrogen-bond donors (Lipinski definition) is 0. The number of hydrogen-bond acceptors (Lipinski definition) is 1. The molecule has 0 aromatic heterocycles. The third kappa shape index (κ3) is 1.47. The van der Waals surface area contributed by atoms with Crippen molar-refractivity contribution in [3.8, 4) is 0 Å². The Morgan fingerprint density at radius 2 is 1.35 bits per heavy atom. The summed E-state index contributed by atoms with van der Waals surface area (Å²) in [5.41, 5.74) is 0.760. The van der Waals surface area contributed by atoms with Crippen molar-refractivity contribution in [2.45, 2.75) is 0 Å². The molecule has 0 saturated heterocycles. The molecule has 0 saturated carbocycles. The van der Waals surface area contributed by atoms with Crippen LogP contribution >= 0.6 is 0 Å². The van der Waals surface area contributed by atoms with Crippen LogP contribution < -0.4 is 0 Å². The first-order valence-electron chi connectivity index (χ1n) is 6.67. The third-order valence-electron chi connectivity index (χ3n) is 3.91. The van der Waals surface area contributed by atoms with Crippen LogP contribution in [0.25, 0.3) is 32.3 Å².